The topological polar surface area (TPSA) is 70.1 Å². The van der Waals surface area contributed by atoms with Crippen molar-refractivity contribution in [3.63, 3.8) is 0 Å². The van der Waals surface area contributed by atoms with Crippen LogP contribution in [0.1, 0.15) is 64.7 Å². The van der Waals surface area contributed by atoms with Crippen molar-refractivity contribution < 1.29 is 19.7 Å². The number of aliphatic hydroxyl groups excluding tert-OH is 1. The van der Waals surface area contributed by atoms with E-state index in [4.69, 9.17) is 9.84 Å². The van der Waals surface area contributed by atoms with Crippen LogP contribution in [0.4, 0.5) is 0 Å². The maximum absolute atomic E-state index is 10.4. The highest BCUT2D eigenvalue weighted by molar-refractivity contribution is 5.66. The van der Waals surface area contributed by atoms with E-state index in [-0.39, 0.29) is 18.6 Å². The molecule has 0 bridgehead atoms. The Labute approximate surface area is 145 Å². The highest BCUT2D eigenvalue weighted by atomic mass is 16.6. The molecule has 0 aliphatic carbocycles. The molecule has 0 aromatic heterocycles. The van der Waals surface area contributed by atoms with Crippen LogP contribution in [0, 0.1) is 0 Å². The van der Waals surface area contributed by atoms with Gasteiger partial charge in [0.1, 0.15) is 12.2 Å². The molecule has 24 heavy (non-hydrogen) atoms. The summed E-state index contributed by atoms with van der Waals surface area (Å²) in [6.07, 6.45) is 19.8. The maximum atomic E-state index is 10.4. The van der Waals surface area contributed by atoms with Crippen LogP contribution in [-0.2, 0) is 9.53 Å². The van der Waals surface area contributed by atoms with Crippen molar-refractivity contribution in [3.8, 4) is 0 Å². The van der Waals surface area contributed by atoms with Gasteiger partial charge in [-0.15, -0.1) is 0 Å². The standard InChI is InChI=1S/C20H32O4/c1-2-3-4-5-9-12-15-18-20(24-18)17(21)14-11-8-6-7-10-13-16-19(22)23/h6-7,9,11-12,14,17-18,20-21H,2-5,8,10,13,15-16H2,1H3,(H,22,23)/b7-6+,12-9-,14-11-/t17?,18-,20?/m0/s1. The zero-order valence-electron chi connectivity index (χ0n) is 14.8. The van der Waals surface area contributed by atoms with Gasteiger partial charge in [0.15, 0.2) is 0 Å². The van der Waals surface area contributed by atoms with Crippen molar-refractivity contribution in [2.24, 2.45) is 0 Å². The largest absolute Gasteiger partial charge is 0.481 e. The number of ether oxygens (including phenoxy) is 1. The fraction of sp³-hybridized carbons (Fsp3) is 0.650. The lowest BCUT2D eigenvalue weighted by Crippen LogP contribution is -2.13. The van der Waals surface area contributed by atoms with Gasteiger partial charge in [0, 0.05) is 6.42 Å². The van der Waals surface area contributed by atoms with Crippen molar-refractivity contribution in [1.29, 1.82) is 0 Å². The first-order valence-corrected chi connectivity index (χ1v) is 9.17. The van der Waals surface area contributed by atoms with Crippen LogP contribution >= 0.6 is 0 Å². The quantitative estimate of drug-likeness (QED) is 0.280. The second-order valence-corrected chi connectivity index (χ2v) is 6.25. The third-order valence-corrected chi connectivity index (χ3v) is 4.00. The van der Waals surface area contributed by atoms with Crippen LogP contribution in [0.3, 0.4) is 0 Å². The molecule has 136 valence electrons. The van der Waals surface area contributed by atoms with E-state index in [1.807, 2.05) is 18.2 Å². The third kappa shape index (κ3) is 10.4. The van der Waals surface area contributed by atoms with E-state index in [0.717, 1.165) is 25.7 Å². The van der Waals surface area contributed by atoms with Crippen molar-refractivity contribution >= 4 is 5.97 Å². The van der Waals surface area contributed by atoms with Gasteiger partial charge in [0.25, 0.3) is 0 Å². The van der Waals surface area contributed by atoms with E-state index >= 15 is 0 Å². The molecule has 4 nitrogen and oxygen atoms in total. The Balaban J connectivity index is 2.04. The highest BCUT2D eigenvalue weighted by Gasteiger charge is 2.42. The Hall–Kier alpha value is -1.39. The molecule has 0 aromatic rings. The van der Waals surface area contributed by atoms with Crippen LogP contribution in [0.2, 0.25) is 0 Å². The first-order valence-electron chi connectivity index (χ1n) is 9.17. The number of rotatable bonds is 14. The summed E-state index contributed by atoms with van der Waals surface area (Å²) < 4.78 is 5.51. The smallest absolute Gasteiger partial charge is 0.303 e. The van der Waals surface area contributed by atoms with Gasteiger partial charge in [0.05, 0.1) is 6.10 Å². The molecule has 2 N–H and O–H groups in total. The number of aliphatic carboxylic acids is 1. The van der Waals surface area contributed by atoms with Crippen molar-refractivity contribution in [3.05, 3.63) is 36.5 Å². The SMILES string of the molecule is CCCCC/C=C\C[C@@H]1OC1C(O)/C=C\C/C=C/CCCC(=O)O. The highest BCUT2D eigenvalue weighted by Crippen LogP contribution is 2.29. The molecule has 0 saturated carbocycles. The average Bonchev–Trinajstić information content (AvgIpc) is 3.32. The molecule has 2 unspecified atom stereocenters. The van der Waals surface area contributed by atoms with Gasteiger partial charge in [-0.1, -0.05) is 56.2 Å². The molecule has 1 saturated heterocycles. The van der Waals surface area contributed by atoms with Crippen LogP contribution in [-0.4, -0.2) is 34.5 Å². The molecule has 0 spiro atoms. The Bertz CT molecular complexity index is 425. The first kappa shape index (κ1) is 20.7. The lowest BCUT2D eigenvalue weighted by atomic mass is 10.1. The number of epoxide rings is 1. The maximum Gasteiger partial charge on any atom is 0.303 e. The van der Waals surface area contributed by atoms with E-state index < -0.39 is 12.1 Å². The molecule has 1 fully saturated rings. The number of carboxylic acids is 1. The van der Waals surface area contributed by atoms with Crippen molar-refractivity contribution in [2.75, 3.05) is 0 Å². The Kier molecular flexibility index (Phi) is 11.2. The van der Waals surface area contributed by atoms with Crippen LogP contribution < -0.4 is 0 Å². The predicted molar refractivity (Wildman–Crippen MR) is 97.0 cm³/mol. The lowest BCUT2D eigenvalue weighted by Gasteiger charge is -1.99. The summed E-state index contributed by atoms with van der Waals surface area (Å²) in [7, 11) is 0. The molecular formula is C20H32O4. The second-order valence-electron chi connectivity index (χ2n) is 6.25. The molecular weight excluding hydrogens is 304 g/mol. The molecule has 0 radical (unpaired) electrons. The lowest BCUT2D eigenvalue weighted by molar-refractivity contribution is -0.137. The normalized spacial score (nSPS) is 21.9. The number of carbonyl (C=O) groups is 1. The van der Waals surface area contributed by atoms with Gasteiger partial charge in [-0.25, -0.2) is 0 Å². The van der Waals surface area contributed by atoms with Crippen molar-refractivity contribution in [1.82, 2.24) is 0 Å². The predicted octanol–water partition coefficient (Wildman–Crippen LogP) is 4.40. The molecule has 1 heterocycles. The van der Waals surface area contributed by atoms with Gasteiger partial charge >= 0.3 is 5.97 Å². The fourth-order valence-electron chi connectivity index (χ4n) is 2.50. The molecule has 3 atom stereocenters. The molecule has 1 aliphatic rings. The first-order chi connectivity index (χ1) is 11.6. The number of aliphatic hydroxyl groups is 1. The number of unbranched alkanes of at least 4 members (excludes halogenated alkanes) is 4. The average molecular weight is 336 g/mol. The van der Waals surface area contributed by atoms with Crippen LogP contribution in [0.5, 0.6) is 0 Å². The third-order valence-electron chi connectivity index (χ3n) is 4.00. The van der Waals surface area contributed by atoms with E-state index in [1.54, 1.807) is 6.08 Å². The summed E-state index contributed by atoms with van der Waals surface area (Å²) in [6.45, 7) is 2.20. The molecule has 1 aliphatic heterocycles. The number of allylic oxidation sites excluding steroid dienone is 4. The molecule has 1 rings (SSSR count). The summed E-state index contributed by atoms with van der Waals surface area (Å²) in [5.41, 5.74) is 0. The second kappa shape index (κ2) is 13.0. The van der Waals surface area contributed by atoms with Crippen LogP contribution in [0.25, 0.3) is 0 Å². The molecule has 4 heteroatoms. The summed E-state index contributed by atoms with van der Waals surface area (Å²) in [6, 6.07) is 0. The van der Waals surface area contributed by atoms with Gasteiger partial charge < -0.3 is 14.9 Å². The summed E-state index contributed by atoms with van der Waals surface area (Å²) in [5, 5.41) is 18.5. The van der Waals surface area contributed by atoms with Gasteiger partial charge in [-0.3, -0.25) is 4.79 Å². The monoisotopic (exact) mass is 336 g/mol. The van der Waals surface area contributed by atoms with Crippen LogP contribution in [0.15, 0.2) is 36.5 Å². The van der Waals surface area contributed by atoms with Gasteiger partial charge in [-0.2, -0.15) is 0 Å². The molecule has 0 aromatic carbocycles. The number of hydrogen-bond acceptors (Lipinski definition) is 3. The van der Waals surface area contributed by atoms with Crippen molar-refractivity contribution in [2.45, 2.75) is 83.0 Å². The van der Waals surface area contributed by atoms with E-state index in [0.29, 0.717) is 6.42 Å². The van der Waals surface area contributed by atoms with Gasteiger partial charge in [-0.05, 0) is 38.5 Å². The Morgan fingerprint density at radius 2 is 1.83 bits per heavy atom. The number of carboxylic acid groups (broad SMARTS) is 1. The summed E-state index contributed by atoms with van der Waals surface area (Å²) in [5.74, 6) is -0.749. The van der Waals surface area contributed by atoms with E-state index in [1.165, 1.54) is 19.3 Å². The van der Waals surface area contributed by atoms with E-state index in [2.05, 4.69) is 19.1 Å². The minimum atomic E-state index is -0.749. The summed E-state index contributed by atoms with van der Waals surface area (Å²) >= 11 is 0. The molecule has 0 amide bonds. The minimum Gasteiger partial charge on any atom is -0.481 e. The van der Waals surface area contributed by atoms with E-state index in [9.17, 15) is 9.90 Å². The summed E-state index contributed by atoms with van der Waals surface area (Å²) in [4.78, 5) is 10.4. The van der Waals surface area contributed by atoms with Gasteiger partial charge in [0.2, 0.25) is 0 Å². The fourth-order valence-corrected chi connectivity index (χ4v) is 2.50. The Morgan fingerprint density at radius 3 is 2.58 bits per heavy atom. The number of hydrogen-bond donors (Lipinski definition) is 2. The zero-order chi connectivity index (χ0) is 17.6. The Morgan fingerprint density at radius 1 is 1.08 bits per heavy atom. The minimum absolute atomic E-state index is 0.0684. The zero-order valence-corrected chi connectivity index (χ0v) is 14.8.